The quantitative estimate of drug-likeness (QED) is 0.613. The molecular weight excluding hydrogens is 204 g/mol. The molecule has 1 atom stereocenters. The van der Waals surface area contributed by atoms with Gasteiger partial charge in [0.1, 0.15) is 0 Å². The van der Waals surface area contributed by atoms with E-state index < -0.39 is 6.10 Å². The lowest BCUT2D eigenvalue weighted by molar-refractivity contribution is -0.131. The first-order valence-electron chi connectivity index (χ1n) is 5.37. The minimum Gasteiger partial charge on any atom is -0.392 e. The molecule has 0 aliphatic rings. The Morgan fingerprint density at radius 3 is 2.25 bits per heavy atom. The van der Waals surface area contributed by atoms with Crippen LogP contribution < -0.4 is 0 Å². The Labute approximate surface area is 97.8 Å². The van der Waals surface area contributed by atoms with Gasteiger partial charge in [-0.05, 0) is 14.0 Å². The summed E-state index contributed by atoms with van der Waals surface area (Å²) in [5.74, 6) is 0.0166. The second kappa shape index (κ2) is 8.07. The van der Waals surface area contributed by atoms with Gasteiger partial charge in [-0.3, -0.25) is 9.69 Å². The molecule has 0 aromatic rings. The number of nitrogens with zero attached hydrogens (tertiary/aromatic N) is 2. The molecule has 4 nitrogen and oxygen atoms in total. The number of carbonyl (C=O) groups is 1. The number of rotatable bonds is 8. The van der Waals surface area contributed by atoms with E-state index in [-0.39, 0.29) is 5.91 Å². The Balaban J connectivity index is 4.17. The van der Waals surface area contributed by atoms with Gasteiger partial charge in [0, 0.05) is 19.6 Å². The van der Waals surface area contributed by atoms with E-state index in [1.54, 1.807) is 28.9 Å². The van der Waals surface area contributed by atoms with Crippen molar-refractivity contribution in [3.8, 4) is 0 Å². The molecule has 0 saturated heterocycles. The van der Waals surface area contributed by atoms with E-state index >= 15 is 0 Å². The standard InChI is InChI=1S/C12H22N2O2/c1-5-7-14(8-6-2)12(16)10-13(4)9-11(3)15/h5-6,11,15H,1-2,7-10H2,3-4H3. The van der Waals surface area contributed by atoms with Gasteiger partial charge >= 0.3 is 0 Å². The van der Waals surface area contributed by atoms with Crippen LogP contribution in [0.4, 0.5) is 0 Å². The Kier molecular flexibility index (Phi) is 7.50. The molecule has 0 radical (unpaired) electrons. The van der Waals surface area contributed by atoms with Crippen molar-refractivity contribution >= 4 is 5.91 Å². The molecule has 1 unspecified atom stereocenters. The van der Waals surface area contributed by atoms with Crippen molar-refractivity contribution < 1.29 is 9.90 Å². The average Bonchev–Trinajstić information content (AvgIpc) is 2.15. The van der Waals surface area contributed by atoms with Crippen molar-refractivity contribution in [1.82, 2.24) is 9.80 Å². The first-order chi connectivity index (χ1) is 7.51. The fraction of sp³-hybridized carbons (Fsp3) is 0.583. The zero-order valence-corrected chi connectivity index (χ0v) is 10.2. The highest BCUT2D eigenvalue weighted by Crippen LogP contribution is 1.95. The molecule has 92 valence electrons. The lowest BCUT2D eigenvalue weighted by Crippen LogP contribution is -2.41. The molecule has 0 rings (SSSR count). The van der Waals surface area contributed by atoms with Crippen LogP contribution in [-0.2, 0) is 4.79 Å². The van der Waals surface area contributed by atoms with E-state index in [1.807, 2.05) is 7.05 Å². The topological polar surface area (TPSA) is 43.8 Å². The van der Waals surface area contributed by atoms with Crippen molar-refractivity contribution in [2.75, 3.05) is 33.2 Å². The van der Waals surface area contributed by atoms with Crippen LogP contribution >= 0.6 is 0 Å². The third kappa shape index (κ3) is 6.37. The van der Waals surface area contributed by atoms with Gasteiger partial charge in [-0.1, -0.05) is 12.2 Å². The van der Waals surface area contributed by atoms with Crippen LogP contribution in [0, 0.1) is 0 Å². The van der Waals surface area contributed by atoms with E-state index in [2.05, 4.69) is 13.2 Å². The van der Waals surface area contributed by atoms with E-state index in [1.165, 1.54) is 0 Å². The molecule has 0 saturated carbocycles. The highest BCUT2D eigenvalue weighted by Gasteiger charge is 2.13. The molecule has 1 amide bonds. The summed E-state index contributed by atoms with van der Waals surface area (Å²) >= 11 is 0. The maximum atomic E-state index is 11.8. The summed E-state index contributed by atoms with van der Waals surface area (Å²) in [6.45, 7) is 10.8. The Hall–Kier alpha value is -1.13. The van der Waals surface area contributed by atoms with Gasteiger partial charge in [0.2, 0.25) is 5.91 Å². The highest BCUT2D eigenvalue weighted by atomic mass is 16.3. The number of hydrogen-bond acceptors (Lipinski definition) is 3. The van der Waals surface area contributed by atoms with Crippen LogP contribution in [0.2, 0.25) is 0 Å². The largest absolute Gasteiger partial charge is 0.392 e. The van der Waals surface area contributed by atoms with Gasteiger partial charge < -0.3 is 10.0 Å². The third-order valence-electron chi connectivity index (χ3n) is 2.03. The summed E-state index contributed by atoms with van der Waals surface area (Å²) < 4.78 is 0. The van der Waals surface area contributed by atoms with Crippen LogP contribution in [0.1, 0.15) is 6.92 Å². The van der Waals surface area contributed by atoms with E-state index in [0.29, 0.717) is 26.2 Å². The fourth-order valence-corrected chi connectivity index (χ4v) is 1.44. The number of carbonyl (C=O) groups excluding carboxylic acids is 1. The number of amides is 1. The zero-order valence-electron chi connectivity index (χ0n) is 10.2. The molecule has 4 heteroatoms. The molecular formula is C12H22N2O2. The van der Waals surface area contributed by atoms with E-state index in [9.17, 15) is 9.90 Å². The van der Waals surface area contributed by atoms with Gasteiger partial charge in [0.15, 0.2) is 0 Å². The van der Waals surface area contributed by atoms with Crippen molar-refractivity contribution in [1.29, 1.82) is 0 Å². The lowest BCUT2D eigenvalue weighted by Gasteiger charge is -2.24. The molecule has 0 aromatic carbocycles. The molecule has 0 aliphatic heterocycles. The Bertz CT molecular complexity index is 229. The van der Waals surface area contributed by atoms with Gasteiger partial charge in [0.25, 0.3) is 0 Å². The Morgan fingerprint density at radius 1 is 1.38 bits per heavy atom. The number of likely N-dealkylation sites (N-methyl/N-ethyl adjacent to an activating group) is 1. The summed E-state index contributed by atoms with van der Waals surface area (Å²) in [4.78, 5) is 15.3. The van der Waals surface area contributed by atoms with Crippen molar-refractivity contribution in [3.05, 3.63) is 25.3 Å². The fourth-order valence-electron chi connectivity index (χ4n) is 1.44. The molecule has 0 spiro atoms. The summed E-state index contributed by atoms with van der Waals surface area (Å²) in [5, 5.41) is 9.18. The highest BCUT2D eigenvalue weighted by molar-refractivity contribution is 5.78. The summed E-state index contributed by atoms with van der Waals surface area (Å²) in [5.41, 5.74) is 0. The summed E-state index contributed by atoms with van der Waals surface area (Å²) in [7, 11) is 1.81. The van der Waals surface area contributed by atoms with Crippen molar-refractivity contribution in [3.63, 3.8) is 0 Å². The van der Waals surface area contributed by atoms with Crippen LogP contribution in [0.5, 0.6) is 0 Å². The van der Waals surface area contributed by atoms with Gasteiger partial charge in [-0.2, -0.15) is 0 Å². The van der Waals surface area contributed by atoms with E-state index in [4.69, 9.17) is 0 Å². The second-order valence-electron chi connectivity index (χ2n) is 3.92. The minimum atomic E-state index is -0.426. The SMILES string of the molecule is C=CCN(CC=C)C(=O)CN(C)CC(C)O. The van der Waals surface area contributed by atoms with Crippen LogP contribution in [0.15, 0.2) is 25.3 Å². The maximum Gasteiger partial charge on any atom is 0.237 e. The average molecular weight is 226 g/mol. The van der Waals surface area contributed by atoms with Gasteiger partial charge in [0.05, 0.1) is 12.6 Å². The minimum absolute atomic E-state index is 0.0166. The monoisotopic (exact) mass is 226 g/mol. The third-order valence-corrected chi connectivity index (χ3v) is 2.03. The molecule has 0 aromatic heterocycles. The first-order valence-corrected chi connectivity index (χ1v) is 5.37. The smallest absolute Gasteiger partial charge is 0.237 e. The van der Waals surface area contributed by atoms with E-state index in [0.717, 1.165) is 0 Å². The molecule has 0 bridgehead atoms. The van der Waals surface area contributed by atoms with Crippen molar-refractivity contribution in [2.45, 2.75) is 13.0 Å². The number of aliphatic hydroxyl groups excluding tert-OH is 1. The van der Waals surface area contributed by atoms with Crippen molar-refractivity contribution in [2.24, 2.45) is 0 Å². The second-order valence-corrected chi connectivity index (χ2v) is 3.92. The van der Waals surface area contributed by atoms with Crippen LogP contribution in [0.25, 0.3) is 0 Å². The van der Waals surface area contributed by atoms with Gasteiger partial charge in [-0.25, -0.2) is 0 Å². The van der Waals surface area contributed by atoms with Crippen LogP contribution in [-0.4, -0.2) is 60.1 Å². The number of hydrogen-bond donors (Lipinski definition) is 1. The lowest BCUT2D eigenvalue weighted by atomic mass is 10.3. The normalized spacial score (nSPS) is 12.2. The summed E-state index contributed by atoms with van der Waals surface area (Å²) in [6, 6.07) is 0. The first kappa shape index (κ1) is 14.9. The number of aliphatic hydroxyl groups is 1. The molecule has 16 heavy (non-hydrogen) atoms. The predicted octanol–water partition coefficient (Wildman–Crippen LogP) is 0.500. The molecule has 0 heterocycles. The molecule has 1 N–H and O–H groups in total. The van der Waals surface area contributed by atoms with Gasteiger partial charge in [-0.15, -0.1) is 13.2 Å². The van der Waals surface area contributed by atoms with Crippen LogP contribution in [0.3, 0.4) is 0 Å². The molecule has 0 fully saturated rings. The summed E-state index contributed by atoms with van der Waals surface area (Å²) in [6.07, 6.45) is 2.96. The molecule has 0 aliphatic carbocycles. The predicted molar refractivity (Wildman–Crippen MR) is 66.2 cm³/mol. The zero-order chi connectivity index (χ0) is 12.6. The Morgan fingerprint density at radius 2 is 1.88 bits per heavy atom. The maximum absolute atomic E-state index is 11.8.